The van der Waals surface area contributed by atoms with Gasteiger partial charge >= 0.3 is 0 Å². The lowest BCUT2D eigenvalue weighted by Gasteiger charge is -1.77. The van der Waals surface area contributed by atoms with Crippen LogP contribution in [0.3, 0.4) is 0 Å². The summed E-state index contributed by atoms with van der Waals surface area (Å²) in [6.07, 6.45) is -3.23. The molecule has 1 atom stereocenters. The third kappa shape index (κ3) is 4.48. The summed E-state index contributed by atoms with van der Waals surface area (Å²) >= 11 is 2.54. The van der Waals surface area contributed by atoms with Gasteiger partial charge in [0.1, 0.15) is 0 Å². The summed E-state index contributed by atoms with van der Waals surface area (Å²) in [7, 11) is 0. The van der Waals surface area contributed by atoms with E-state index in [9.17, 15) is 0 Å². The highest BCUT2D eigenvalue weighted by Gasteiger charge is 1.69. The Balaban J connectivity index is 4.40. The van der Waals surface area contributed by atoms with E-state index >= 15 is 0 Å². The third-order valence-electron chi connectivity index (χ3n) is 0.199. The van der Waals surface area contributed by atoms with Crippen LogP contribution in [0.15, 0.2) is 0 Å². The maximum Gasteiger partial charge on any atom is 0.0387 e. The van der Waals surface area contributed by atoms with Crippen LogP contribution in [0.2, 0.25) is 0 Å². The molecule has 0 aromatic rings. The molecule has 0 aromatic carbocycles. The normalized spacial score (nSPS) is 35.2. The predicted molar refractivity (Wildman–Crippen MR) is 28.7 cm³/mol. The zero-order valence-corrected chi connectivity index (χ0v) is 4.54. The van der Waals surface area contributed by atoms with E-state index in [0.717, 1.165) is 0 Å². The lowest BCUT2D eigenvalue weighted by molar-refractivity contribution is 0.902. The van der Waals surface area contributed by atoms with Crippen LogP contribution in [-0.2, 0) is 0 Å². The molecule has 0 aromatic heterocycles. The fraction of sp³-hybridized carbons (Fsp3) is 1.00. The molecule has 0 saturated heterocycles. The fourth-order valence-corrected chi connectivity index (χ4v) is 0.283. The van der Waals surface area contributed by atoms with Gasteiger partial charge in [0.05, 0.1) is 0 Å². The van der Waals surface area contributed by atoms with Gasteiger partial charge in [0.15, 0.2) is 0 Å². The Kier molecular flexibility index (Phi) is 1.10. The quantitative estimate of drug-likeness (QED) is 0.518. The van der Waals surface area contributed by atoms with Gasteiger partial charge in [-0.1, -0.05) is 29.3 Å². The van der Waals surface area contributed by atoms with E-state index in [1.165, 1.54) is 6.92 Å². The highest BCUT2D eigenvalue weighted by molar-refractivity contribution is 9.09. The van der Waals surface area contributed by atoms with Crippen LogP contribution >= 0.6 is 15.9 Å². The van der Waals surface area contributed by atoms with Crippen LogP contribution in [0.25, 0.3) is 0 Å². The molecule has 0 radical (unpaired) electrons. The first-order valence-corrected chi connectivity index (χ1v) is 2.10. The van der Waals surface area contributed by atoms with Crippen LogP contribution in [0.5, 0.6) is 0 Å². The lowest BCUT2D eigenvalue weighted by Crippen LogP contribution is -1.64. The molecule has 5 heavy (non-hydrogen) atoms. The topological polar surface area (TPSA) is 0 Å². The van der Waals surface area contributed by atoms with Crippen molar-refractivity contribution in [3.05, 3.63) is 0 Å². The van der Waals surface area contributed by atoms with Gasteiger partial charge in [-0.3, -0.25) is 0 Å². The summed E-state index contributed by atoms with van der Waals surface area (Å²) in [5, 5.41) is -2.12. The molecule has 1 unspecified atom stereocenters. The second-order valence-corrected chi connectivity index (χ2v) is 0.924. The van der Waals surface area contributed by atoms with Gasteiger partial charge in [-0.2, -0.15) is 0 Å². The van der Waals surface area contributed by atoms with E-state index in [4.69, 9.17) is 6.85 Å². The standard InChI is InChI=1S/C4H9Br/c1-2-3-4-5/h2-4H2,1H3/i2D,3D2,4D2. The van der Waals surface area contributed by atoms with Crippen molar-refractivity contribution in [2.75, 3.05) is 5.28 Å². The number of rotatable bonds is 2. The van der Waals surface area contributed by atoms with Crippen LogP contribution in [0.4, 0.5) is 0 Å². The van der Waals surface area contributed by atoms with Crippen LogP contribution in [-0.4, -0.2) is 5.28 Å². The molecule has 0 fully saturated rings. The SMILES string of the molecule is [2H]C(C)C([2H])([2H])C([2H])([2H])Br. The van der Waals surface area contributed by atoms with Gasteiger partial charge < -0.3 is 0 Å². The van der Waals surface area contributed by atoms with Gasteiger partial charge in [-0.15, -0.1) is 0 Å². The molecule has 0 N–H and O–H groups in total. The van der Waals surface area contributed by atoms with E-state index in [1.807, 2.05) is 0 Å². The summed E-state index contributed by atoms with van der Waals surface area (Å²) in [6, 6.07) is 0. The van der Waals surface area contributed by atoms with Crippen molar-refractivity contribution in [3.63, 3.8) is 0 Å². The van der Waals surface area contributed by atoms with E-state index in [-0.39, 0.29) is 0 Å². The summed E-state index contributed by atoms with van der Waals surface area (Å²) in [6.45, 7) is 1.32. The average Bonchev–Trinajstić information content (AvgIpc) is 1.62. The molecule has 0 rings (SSSR count). The number of hydrogen-bond acceptors (Lipinski definition) is 0. The summed E-state index contributed by atoms with van der Waals surface area (Å²) in [5.41, 5.74) is 0. The summed E-state index contributed by atoms with van der Waals surface area (Å²) in [5.74, 6) is 0. The van der Waals surface area contributed by atoms with Crippen LogP contribution < -0.4 is 0 Å². The highest BCUT2D eigenvalue weighted by atomic mass is 79.9. The van der Waals surface area contributed by atoms with E-state index in [1.54, 1.807) is 0 Å². The first-order chi connectivity index (χ1) is 4.19. The van der Waals surface area contributed by atoms with Gasteiger partial charge in [0.2, 0.25) is 0 Å². The predicted octanol–water partition coefficient (Wildman–Crippen LogP) is 2.18. The molecular weight excluding hydrogens is 128 g/mol. The highest BCUT2D eigenvalue weighted by Crippen LogP contribution is 1.89. The van der Waals surface area contributed by atoms with Crippen LogP contribution in [0, 0.1) is 0 Å². The van der Waals surface area contributed by atoms with Crippen molar-refractivity contribution in [1.82, 2.24) is 0 Å². The van der Waals surface area contributed by atoms with Crippen molar-refractivity contribution in [2.45, 2.75) is 19.7 Å². The Bertz CT molecular complexity index is 115. The van der Waals surface area contributed by atoms with Crippen LogP contribution in [0.1, 0.15) is 26.5 Å². The van der Waals surface area contributed by atoms with Crippen molar-refractivity contribution < 1.29 is 6.85 Å². The zero-order valence-electron chi connectivity index (χ0n) is 7.96. The summed E-state index contributed by atoms with van der Waals surface area (Å²) in [4.78, 5) is 0. The van der Waals surface area contributed by atoms with E-state index < -0.39 is 18.1 Å². The van der Waals surface area contributed by atoms with Gasteiger partial charge in [-0.25, -0.2) is 0 Å². The number of hydrogen-bond donors (Lipinski definition) is 0. The largest absolute Gasteiger partial charge is 0.0928 e. The molecule has 0 spiro atoms. The molecule has 0 amide bonds. The lowest BCUT2D eigenvalue weighted by atomic mass is 10.4. The molecule has 0 nitrogen and oxygen atoms in total. The zero-order chi connectivity index (χ0) is 8.58. The Hall–Kier alpha value is 0.480. The molecule has 1 heteroatoms. The molecular formula is C4H9Br. The maximum absolute atomic E-state index is 7.09. The van der Waals surface area contributed by atoms with Gasteiger partial charge in [0, 0.05) is 12.1 Å². The Labute approximate surface area is 48.7 Å². The monoisotopic (exact) mass is 141 g/mol. The van der Waals surface area contributed by atoms with Crippen molar-refractivity contribution in [1.29, 1.82) is 0 Å². The molecule has 0 aliphatic rings. The molecule has 32 valence electrons. The Morgan fingerprint density at radius 3 is 2.60 bits per heavy atom. The average molecular weight is 142 g/mol. The minimum absolute atomic E-state index is 1.08. The van der Waals surface area contributed by atoms with Gasteiger partial charge in [0.25, 0.3) is 0 Å². The minimum atomic E-state index is -2.15. The first-order valence-electron chi connectivity index (χ1n) is 3.88. The smallest absolute Gasteiger partial charge is 0.0387 e. The summed E-state index contributed by atoms with van der Waals surface area (Å²) < 4.78 is 35.1. The van der Waals surface area contributed by atoms with Crippen molar-refractivity contribution in [3.8, 4) is 0 Å². The minimum Gasteiger partial charge on any atom is -0.0928 e. The van der Waals surface area contributed by atoms with Crippen molar-refractivity contribution >= 4 is 15.9 Å². The Morgan fingerprint density at radius 2 is 2.60 bits per heavy atom. The molecule has 0 heterocycles. The maximum atomic E-state index is 7.09. The third-order valence-corrected chi connectivity index (χ3v) is 0.428. The second-order valence-electron chi connectivity index (χ2n) is 0.528. The molecule has 0 saturated carbocycles. The second kappa shape index (κ2) is 4.48. The first kappa shape index (κ1) is 1.22. The molecule has 0 bridgehead atoms. The van der Waals surface area contributed by atoms with Gasteiger partial charge in [-0.05, 0) is 6.37 Å². The molecule has 0 aliphatic carbocycles. The molecule has 0 aliphatic heterocycles. The Morgan fingerprint density at radius 1 is 2.00 bits per heavy atom. The number of alkyl halides is 1. The van der Waals surface area contributed by atoms with E-state index in [2.05, 4.69) is 15.9 Å². The number of halogens is 1. The van der Waals surface area contributed by atoms with E-state index in [0.29, 0.717) is 0 Å². The van der Waals surface area contributed by atoms with Crippen molar-refractivity contribution in [2.24, 2.45) is 0 Å². The fourth-order valence-electron chi connectivity index (χ4n) is 0.0546.